The number of nitrogens with zero attached hydrogens (tertiary/aromatic N) is 4. The maximum Gasteiger partial charge on any atom is 0.315 e. The van der Waals surface area contributed by atoms with Crippen molar-refractivity contribution in [3.63, 3.8) is 0 Å². The van der Waals surface area contributed by atoms with Gasteiger partial charge in [-0.1, -0.05) is 18.2 Å². The molecule has 1 aromatic carbocycles. The van der Waals surface area contributed by atoms with Crippen molar-refractivity contribution in [2.45, 2.75) is 19.4 Å². The Morgan fingerprint density at radius 1 is 1.07 bits per heavy atom. The van der Waals surface area contributed by atoms with E-state index in [0.29, 0.717) is 13.1 Å². The van der Waals surface area contributed by atoms with Crippen LogP contribution in [0.5, 0.6) is 0 Å². The number of benzene rings is 1. The molecule has 1 saturated heterocycles. The van der Waals surface area contributed by atoms with Crippen LogP contribution in [0, 0.1) is 0 Å². The molecule has 1 fully saturated rings. The number of urea groups is 1. The van der Waals surface area contributed by atoms with E-state index in [4.69, 9.17) is 0 Å². The number of rotatable bonds is 8. The van der Waals surface area contributed by atoms with Gasteiger partial charge in [-0.2, -0.15) is 5.10 Å². The fraction of sp³-hybridized carbons (Fsp3) is 0.500. The number of unbranched alkanes of at least 4 members (excludes halogenated alkanes) is 1. The number of carbonyl (C=O) groups excluding carboxylic acids is 1. The number of hydrogen-bond donors (Lipinski definition) is 2. The topological polar surface area (TPSA) is 65.4 Å². The van der Waals surface area contributed by atoms with Crippen LogP contribution in [0.1, 0.15) is 18.4 Å². The van der Waals surface area contributed by atoms with Crippen molar-refractivity contribution in [1.82, 2.24) is 30.2 Å². The first-order valence-corrected chi connectivity index (χ1v) is 9.72. The smallest absolute Gasteiger partial charge is 0.315 e. The predicted octanol–water partition coefficient (Wildman–Crippen LogP) is 1.70. The molecule has 1 aromatic heterocycles. The van der Waals surface area contributed by atoms with Crippen LogP contribution in [-0.2, 0) is 6.54 Å². The number of aromatic nitrogens is 2. The maximum absolute atomic E-state index is 11.9. The Kier molecular flexibility index (Phi) is 7.24. The number of nitrogens with one attached hydrogen (secondary N) is 2. The Balaban J connectivity index is 1.27. The molecule has 0 radical (unpaired) electrons. The molecule has 146 valence electrons. The van der Waals surface area contributed by atoms with Crippen molar-refractivity contribution in [2.75, 3.05) is 46.3 Å². The van der Waals surface area contributed by atoms with E-state index in [1.54, 1.807) is 6.20 Å². The predicted molar refractivity (Wildman–Crippen MR) is 107 cm³/mol. The molecule has 3 rings (SSSR count). The summed E-state index contributed by atoms with van der Waals surface area (Å²) in [5.74, 6) is 0. The zero-order chi connectivity index (χ0) is 18.9. The number of piperazine rings is 1. The zero-order valence-electron chi connectivity index (χ0n) is 16.1. The van der Waals surface area contributed by atoms with E-state index in [1.165, 1.54) is 0 Å². The highest BCUT2D eigenvalue weighted by molar-refractivity contribution is 5.73. The summed E-state index contributed by atoms with van der Waals surface area (Å²) in [6.07, 6.45) is 5.84. The minimum absolute atomic E-state index is 0.123. The van der Waals surface area contributed by atoms with Gasteiger partial charge in [-0.25, -0.2) is 9.48 Å². The molecule has 0 spiro atoms. The monoisotopic (exact) mass is 370 g/mol. The molecule has 7 nitrogen and oxygen atoms in total. The first-order valence-electron chi connectivity index (χ1n) is 9.72. The van der Waals surface area contributed by atoms with E-state index in [2.05, 4.69) is 32.6 Å². The first kappa shape index (κ1) is 19.4. The van der Waals surface area contributed by atoms with Gasteiger partial charge in [-0.05, 0) is 38.6 Å². The van der Waals surface area contributed by atoms with E-state index < -0.39 is 0 Å². The highest BCUT2D eigenvalue weighted by atomic mass is 16.2. The SMILES string of the molecule is CN1CCN(CCCCNC(=O)NCc2cnn(-c3ccccc3)c2)CC1. The average molecular weight is 371 g/mol. The van der Waals surface area contributed by atoms with Gasteiger partial charge in [-0.3, -0.25) is 0 Å². The fourth-order valence-electron chi connectivity index (χ4n) is 3.15. The normalized spacial score (nSPS) is 15.6. The molecule has 7 heteroatoms. The van der Waals surface area contributed by atoms with Gasteiger partial charge in [0.2, 0.25) is 0 Å². The van der Waals surface area contributed by atoms with Gasteiger partial charge in [0.1, 0.15) is 0 Å². The molecule has 1 aliphatic rings. The molecule has 0 unspecified atom stereocenters. The summed E-state index contributed by atoms with van der Waals surface area (Å²) in [5, 5.41) is 10.2. The molecule has 1 aliphatic heterocycles. The van der Waals surface area contributed by atoms with Crippen LogP contribution in [0.25, 0.3) is 5.69 Å². The standard InChI is InChI=1S/C20H30N6O/c1-24-11-13-25(14-12-24)10-6-5-9-21-20(27)22-15-18-16-23-26(17-18)19-7-3-2-4-8-19/h2-4,7-8,16-17H,5-6,9-15H2,1H3,(H2,21,22,27). The molecule has 0 saturated carbocycles. The van der Waals surface area contributed by atoms with Crippen molar-refractivity contribution in [1.29, 1.82) is 0 Å². The summed E-state index contributed by atoms with van der Waals surface area (Å²) in [7, 11) is 2.17. The Hall–Kier alpha value is -2.38. The molecule has 0 atom stereocenters. The second kappa shape index (κ2) is 10.1. The van der Waals surface area contributed by atoms with Crippen LogP contribution >= 0.6 is 0 Å². The van der Waals surface area contributed by atoms with Gasteiger partial charge >= 0.3 is 6.03 Å². The van der Waals surface area contributed by atoms with Crippen molar-refractivity contribution >= 4 is 6.03 Å². The molecule has 0 aliphatic carbocycles. The van der Waals surface area contributed by atoms with Gasteiger partial charge < -0.3 is 20.4 Å². The number of para-hydroxylation sites is 1. The summed E-state index contributed by atoms with van der Waals surface area (Å²) in [6.45, 7) is 6.92. The van der Waals surface area contributed by atoms with Gasteiger partial charge in [0.25, 0.3) is 0 Å². The highest BCUT2D eigenvalue weighted by Gasteiger charge is 2.12. The van der Waals surface area contributed by atoms with E-state index in [-0.39, 0.29) is 6.03 Å². The molecule has 0 bridgehead atoms. The van der Waals surface area contributed by atoms with Crippen LogP contribution < -0.4 is 10.6 Å². The largest absolute Gasteiger partial charge is 0.338 e. The molecule has 2 heterocycles. The van der Waals surface area contributed by atoms with Crippen LogP contribution in [-0.4, -0.2) is 71.9 Å². The van der Waals surface area contributed by atoms with Crippen LogP contribution in [0.4, 0.5) is 4.79 Å². The van der Waals surface area contributed by atoms with Crippen molar-refractivity contribution < 1.29 is 4.79 Å². The van der Waals surface area contributed by atoms with Gasteiger partial charge in [0, 0.05) is 51.0 Å². The molecular weight excluding hydrogens is 340 g/mol. The lowest BCUT2D eigenvalue weighted by molar-refractivity contribution is 0.152. The summed E-state index contributed by atoms with van der Waals surface area (Å²) in [4.78, 5) is 16.8. The lowest BCUT2D eigenvalue weighted by Gasteiger charge is -2.32. The van der Waals surface area contributed by atoms with E-state index in [9.17, 15) is 4.79 Å². The maximum atomic E-state index is 11.9. The molecule has 2 N–H and O–H groups in total. The lowest BCUT2D eigenvalue weighted by Crippen LogP contribution is -2.44. The number of amides is 2. The summed E-state index contributed by atoms with van der Waals surface area (Å²) >= 11 is 0. The second-order valence-electron chi connectivity index (χ2n) is 7.09. The van der Waals surface area contributed by atoms with Crippen LogP contribution in [0.15, 0.2) is 42.7 Å². The van der Waals surface area contributed by atoms with Crippen molar-refractivity contribution in [2.24, 2.45) is 0 Å². The van der Waals surface area contributed by atoms with Crippen LogP contribution in [0.2, 0.25) is 0 Å². The van der Waals surface area contributed by atoms with Crippen LogP contribution in [0.3, 0.4) is 0 Å². The summed E-state index contributed by atoms with van der Waals surface area (Å²) in [5.41, 5.74) is 1.98. The summed E-state index contributed by atoms with van der Waals surface area (Å²) < 4.78 is 1.81. The Labute approximate surface area is 161 Å². The van der Waals surface area contributed by atoms with Gasteiger partial charge in [0.05, 0.1) is 11.9 Å². The average Bonchev–Trinajstić information content (AvgIpc) is 3.17. The van der Waals surface area contributed by atoms with E-state index in [1.807, 2.05) is 41.2 Å². The first-order chi connectivity index (χ1) is 13.2. The van der Waals surface area contributed by atoms with E-state index >= 15 is 0 Å². The number of hydrogen-bond acceptors (Lipinski definition) is 4. The number of carbonyl (C=O) groups is 1. The van der Waals surface area contributed by atoms with Gasteiger partial charge in [0.15, 0.2) is 0 Å². The summed E-state index contributed by atoms with van der Waals surface area (Å²) in [6, 6.07) is 9.81. The second-order valence-corrected chi connectivity index (χ2v) is 7.09. The Bertz CT molecular complexity index is 694. The lowest BCUT2D eigenvalue weighted by atomic mass is 10.2. The Morgan fingerprint density at radius 2 is 1.85 bits per heavy atom. The van der Waals surface area contributed by atoms with E-state index in [0.717, 1.165) is 56.8 Å². The third kappa shape index (κ3) is 6.37. The number of likely N-dealkylation sites (N-methyl/N-ethyl adjacent to an activating group) is 1. The van der Waals surface area contributed by atoms with Crippen molar-refractivity contribution in [3.05, 3.63) is 48.3 Å². The minimum atomic E-state index is -0.123. The highest BCUT2D eigenvalue weighted by Crippen LogP contribution is 2.07. The van der Waals surface area contributed by atoms with Crippen molar-refractivity contribution in [3.8, 4) is 5.69 Å². The molecule has 2 aromatic rings. The molecule has 2 amide bonds. The minimum Gasteiger partial charge on any atom is -0.338 e. The molecular formula is C20H30N6O. The van der Waals surface area contributed by atoms with Gasteiger partial charge in [-0.15, -0.1) is 0 Å². The fourth-order valence-corrected chi connectivity index (χ4v) is 3.15. The Morgan fingerprint density at radius 3 is 2.63 bits per heavy atom. The third-order valence-corrected chi connectivity index (χ3v) is 4.89. The third-order valence-electron chi connectivity index (χ3n) is 4.89. The zero-order valence-corrected chi connectivity index (χ0v) is 16.1. The molecule has 27 heavy (non-hydrogen) atoms. The quantitative estimate of drug-likeness (QED) is 0.694.